The van der Waals surface area contributed by atoms with E-state index in [0.29, 0.717) is 18.0 Å². The van der Waals surface area contributed by atoms with Gasteiger partial charge in [0.2, 0.25) is 5.91 Å². The van der Waals surface area contributed by atoms with E-state index in [1.165, 1.54) is 6.42 Å². The second-order valence-corrected chi connectivity index (χ2v) is 10.6. The van der Waals surface area contributed by atoms with Crippen molar-refractivity contribution in [3.63, 3.8) is 0 Å². The van der Waals surface area contributed by atoms with Gasteiger partial charge in [0.25, 0.3) is 0 Å². The van der Waals surface area contributed by atoms with E-state index in [-0.39, 0.29) is 23.2 Å². The van der Waals surface area contributed by atoms with E-state index in [2.05, 4.69) is 30.0 Å². The number of nitrogens with zero attached hydrogens (tertiary/aromatic N) is 1. The van der Waals surface area contributed by atoms with E-state index in [1.54, 1.807) is 0 Å². The number of halogens is 1. The van der Waals surface area contributed by atoms with Crippen molar-refractivity contribution in [2.75, 3.05) is 6.54 Å². The summed E-state index contributed by atoms with van der Waals surface area (Å²) in [5, 5.41) is 0.964. The lowest BCUT2D eigenvalue weighted by molar-refractivity contribution is -0.152. The first kappa shape index (κ1) is 22.7. The molecule has 1 aromatic rings. The van der Waals surface area contributed by atoms with E-state index < -0.39 is 16.8 Å². The smallest absolute Gasteiger partial charge is 0.229 e. The minimum atomic E-state index is -1.02. The summed E-state index contributed by atoms with van der Waals surface area (Å²) in [6.45, 7) is 8.58. The van der Waals surface area contributed by atoms with Crippen molar-refractivity contribution in [1.82, 2.24) is 9.62 Å². The van der Waals surface area contributed by atoms with Crippen molar-refractivity contribution < 1.29 is 9.35 Å². The lowest BCUT2D eigenvalue weighted by atomic mass is 9.74. The number of carbonyl (C=O) groups excluding carboxylic acids is 1. The molecule has 160 valence electrons. The zero-order valence-electron chi connectivity index (χ0n) is 17.5. The number of rotatable bonds is 9. The van der Waals surface area contributed by atoms with E-state index in [9.17, 15) is 9.35 Å². The molecule has 1 saturated heterocycles. The van der Waals surface area contributed by atoms with Crippen LogP contribution in [0.15, 0.2) is 36.9 Å². The molecular weight excluding hydrogens is 404 g/mol. The highest BCUT2D eigenvalue weighted by atomic mass is 35.5. The van der Waals surface area contributed by atoms with Crippen LogP contribution >= 0.6 is 11.6 Å². The molecule has 0 aromatic heterocycles. The molecule has 29 heavy (non-hydrogen) atoms. The number of benzene rings is 1. The Balaban J connectivity index is 1.83. The first-order valence-electron chi connectivity index (χ1n) is 10.7. The lowest BCUT2D eigenvalue weighted by Crippen LogP contribution is -2.56. The Labute approximate surface area is 183 Å². The zero-order valence-corrected chi connectivity index (χ0v) is 19.1. The maximum atomic E-state index is 13.7. The molecule has 1 aliphatic heterocycles. The van der Waals surface area contributed by atoms with E-state index in [4.69, 9.17) is 11.6 Å². The number of nitrogens with one attached hydrogen (secondary N) is 1. The van der Waals surface area contributed by atoms with Crippen LogP contribution in [0.3, 0.4) is 0 Å². The van der Waals surface area contributed by atoms with Gasteiger partial charge in [-0.3, -0.25) is 4.79 Å². The minimum Gasteiger partial charge on any atom is -0.598 e. The van der Waals surface area contributed by atoms with Gasteiger partial charge in [0, 0.05) is 22.4 Å². The average molecular weight is 437 g/mol. The van der Waals surface area contributed by atoms with E-state index >= 15 is 0 Å². The van der Waals surface area contributed by atoms with Crippen molar-refractivity contribution in [3.05, 3.63) is 47.5 Å². The number of hydrogen-bond donors (Lipinski definition) is 1. The molecule has 0 spiro atoms. The van der Waals surface area contributed by atoms with Crippen LogP contribution in [-0.4, -0.2) is 33.2 Å². The molecule has 2 fully saturated rings. The predicted octanol–water partition coefficient (Wildman–Crippen LogP) is 5.17. The lowest BCUT2D eigenvalue weighted by Gasteiger charge is -2.48. The number of carbonyl (C=O) groups is 1. The maximum Gasteiger partial charge on any atom is 0.229 e. The van der Waals surface area contributed by atoms with Crippen LogP contribution < -0.4 is 4.72 Å². The molecule has 0 radical (unpaired) electrons. The molecule has 6 heteroatoms. The Hall–Kier alpha value is -1.01. The Bertz CT molecular complexity index is 709. The van der Waals surface area contributed by atoms with Crippen molar-refractivity contribution in [2.45, 2.75) is 76.1 Å². The summed E-state index contributed by atoms with van der Waals surface area (Å²) in [5.74, 6) is 0.173. The molecule has 1 N–H and O–H groups in total. The normalized spacial score (nSPS) is 27.4. The molecule has 1 aliphatic carbocycles. The van der Waals surface area contributed by atoms with Crippen molar-refractivity contribution >= 4 is 28.9 Å². The standard InChI is InChI=1S/C23H33ClN2O2S/c1-4-14-23(3)15-13-21(17-9-11-18(24)12-10-17)26(22(23)27)19(5-2)16-25-29(28)20-7-6-8-20/h4,9-12,19-21,25H,1,5-8,13-16H2,2-3H3/t19?,21?,23-,29?/m0/s1. The van der Waals surface area contributed by atoms with E-state index in [0.717, 1.165) is 37.7 Å². The largest absolute Gasteiger partial charge is 0.598 e. The summed E-state index contributed by atoms with van der Waals surface area (Å²) < 4.78 is 15.7. The van der Waals surface area contributed by atoms with Crippen LogP contribution in [0.5, 0.6) is 0 Å². The van der Waals surface area contributed by atoms with Crippen molar-refractivity contribution in [2.24, 2.45) is 5.41 Å². The summed E-state index contributed by atoms with van der Waals surface area (Å²) >= 11 is 5.07. The fourth-order valence-electron chi connectivity index (χ4n) is 4.42. The highest BCUT2D eigenvalue weighted by Gasteiger charge is 2.46. The summed E-state index contributed by atoms with van der Waals surface area (Å²) in [6.07, 6.45) is 8.30. The molecule has 1 amide bonds. The maximum absolute atomic E-state index is 13.7. The molecule has 3 unspecified atom stereocenters. The quantitative estimate of drug-likeness (QED) is 0.429. The zero-order chi connectivity index (χ0) is 21.0. The number of piperidine rings is 1. The first-order valence-corrected chi connectivity index (χ1v) is 12.3. The fraction of sp³-hybridized carbons (Fsp3) is 0.609. The first-order chi connectivity index (χ1) is 13.9. The van der Waals surface area contributed by atoms with Gasteiger partial charge in [0.15, 0.2) is 0 Å². The Kier molecular flexibility index (Phi) is 7.71. The van der Waals surface area contributed by atoms with Gasteiger partial charge in [-0.1, -0.05) is 43.7 Å². The molecule has 0 bridgehead atoms. The van der Waals surface area contributed by atoms with Gasteiger partial charge in [-0.05, 0) is 62.6 Å². The summed E-state index contributed by atoms with van der Waals surface area (Å²) in [7, 11) is 0. The fourth-order valence-corrected chi connectivity index (χ4v) is 5.90. The monoisotopic (exact) mass is 436 g/mol. The summed E-state index contributed by atoms with van der Waals surface area (Å²) in [5.41, 5.74) is 0.688. The van der Waals surface area contributed by atoms with Gasteiger partial charge in [0.05, 0.1) is 18.0 Å². The predicted molar refractivity (Wildman–Crippen MR) is 121 cm³/mol. The molecule has 4 atom stereocenters. The minimum absolute atomic E-state index is 0.00311. The Morgan fingerprint density at radius 3 is 2.62 bits per heavy atom. The van der Waals surface area contributed by atoms with Gasteiger partial charge in [-0.2, -0.15) is 0 Å². The highest BCUT2D eigenvalue weighted by Crippen LogP contribution is 2.44. The Morgan fingerprint density at radius 2 is 2.07 bits per heavy atom. The molecule has 4 nitrogen and oxygen atoms in total. The van der Waals surface area contributed by atoms with Crippen LogP contribution in [-0.2, 0) is 16.2 Å². The molecule has 3 rings (SSSR count). The van der Waals surface area contributed by atoms with Crippen molar-refractivity contribution in [3.8, 4) is 0 Å². The van der Waals surface area contributed by atoms with Crippen molar-refractivity contribution in [1.29, 1.82) is 0 Å². The summed E-state index contributed by atoms with van der Waals surface area (Å²) in [6, 6.07) is 7.84. The third-order valence-electron chi connectivity index (χ3n) is 6.59. The number of hydrogen-bond acceptors (Lipinski definition) is 3. The molecule has 2 aliphatic rings. The van der Waals surface area contributed by atoms with Gasteiger partial charge < -0.3 is 9.45 Å². The van der Waals surface area contributed by atoms with Crippen LogP contribution in [0, 0.1) is 5.41 Å². The van der Waals surface area contributed by atoms with Gasteiger partial charge in [0.1, 0.15) is 5.25 Å². The molecular formula is C23H33ClN2O2S. The van der Waals surface area contributed by atoms with Crippen LogP contribution in [0.1, 0.15) is 70.4 Å². The average Bonchev–Trinajstić information content (AvgIpc) is 2.65. The number of likely N-dealkylation sites (tertiary alicyclic amines) is 1. The third-order valence-corrected chi connectivity index (χ3v) is 8.37. The van der Waals surface area contributed by atoms with Gasteiger partial charge in [-0.25, -0.2) is 0 Å². The third kappa shape index (κ3) is 5.01. The van der Waals surface area contributed by atoms with Gasteiger partial charge >= 0.3 is 0 Å². The molecule has 1 saturated carbocycles. The SMILES string of the molecule is C=CC[C@@]1(C)CCC(c2ccc(Cl)cc2)N(C(CC)CN[S+]([O-])C2CCC2)C1=O. The van der Waals surface area contributed by atoms with Crippen LogP contribution in [0.25, 0.3) is 0 Å². The second-order valence-electron chi connectivity index (χ2n) is 8.63. The van der Waals surface area contributed by atoms with Crippen LogP contribution in [0.2, 0.25) is 5.02 Å². The van der Waals surface area contributed by atoms with Crippen LogP contribution in [0.4, 0.5) is 0 Å². The molecule has 1 heterocycles. The number of allylic oxidation sites excluding steroid dienone is 1. The molecule has 1 aromatic carbocycles. The highest BCUT2D eigenvalue weighted by molar-refractivity contribution is 7.90. The number of amides is 1. The van der Waals surface area contributed by atoms with E-state index in [1.807, 2.05) is 30.3 Å². The Morgan fingerprint density at radius 1 is 1.38 bits per heavy atom. The second kappa shape index (κ2) is 9.86. The topological polar surface area (TPSA) is 55.4 Å². The summed E-state index contributed by atoms with van der Waals surface area (Å²) in [4.78, 5) is 15.7. The van der Waals surface area contributed by atoms with Gasteiger partial charge in [-0.15, -0.1) is 11.3 Å².